The summed E-state index contributed by atoms with van der Waals surface area (Å²) >= 11 is 0. The minimum atomic E-state index is 0.00132. The standard InChI is InChI=1S/C22H22N2O/c1-17(10-8-9-13-18-11-4-2-5-12-18)23-24-22(25)21-16-20(21)19-14-6-3-7-15-19/h2-15,20-21H,16H2,1H3,(H,24,25). The molecule has 126 valence electrons. The van der Waals surface area contributed by atoms with E-state index >= 15 is 0 Å². The third kappa shape index (κ3) is 5.01. The van der Waals surface area contributed by atoms with Gasteiger partial charge in [0.2, 0.25) is 5.91 Å². The first-order valence-corrected chi connectivity index (χ1v) is 8.53. The van der Waals surface area contributed by atoms with Crippen LogP contribution in [0.15, 0.2) is 84.0 Å². The Hall–Kier alpha value is -2.94. The predicted molar refractivity (Wildman–Crippen MR) is 103 cm³/mol. The summed E-state index contributed by atoms with van der Waals surface area (Å²) in [6.07, 6.45) is 8.68. The summed E-state index contributed by atoms with van der Waals surface area (Å²) in [6, 6.07) is 20.3. The van der Waals surface area contributed by atoms with Crippen molar-refractivity contribution in [1.82, 2.24) is 5.43 Å². The van der Waals surface area contributed by atoms with Crippen LogP contribution in [0.3, 0.4) is 0 Å². The molecule has 3 heteroatoms. The minimum Gasteiger partial charge on any atom is -0.273 e. The molecule has 2 aromatic carbocycles. The second kappa shape index (κ2) is 8.25. The average molecular weight is 330 g/mol. The molecule has 1 N–H and O–H groups in total. The van der Waals surface area contributed by atoms with Gasteiger partial charge in [0.25, 0.3) is 0 Å². The molecule has 2 aromatic rings. The molecule has 0 saturated heterocycles. The lowest BCUT2D eigenvalue weighted by Crippen LogP contribution is -2.21. The zero-order valence-corrected chi connectivity index (χ0v) is 14.3. The Morgan fingerprint density at radius 3 is 2.44 bits per heavy atom. The zero-order valence-electron chi connectivity index (χ0n) is 14.3. The molecule has 2 atom stereocenters. The van der Waals surface area contributed by atoms with E-state index in [2.05, 4.69) is 22.7 Å². The number of hydrogen-bond acceptors (Lipinski definition) is 2. The third-order valence-electron chi connectivity index (χ3n) is 4.23. The lowest BCUT2D eigenvalue weighted by molar-refractivity contribution is -0.122. The molecule has 0 radical (unpaired) electrons. The van der Waals surface area contributed by atoms with E-state index in [1.165, 1.54) is 5.56 Å². The molecule has 1 aliphatic carbocycles. The van der Waals surface area contributed by atoms with Crippen molar-refractivity contribution in [3.05, 3.63) is 90.0 Å². The summed E-state index contributed by atoms with van der Waals surface area (Å²) in [5.74, 6) is 0.378. The lowest BCUT2D eigenvalue weighted by atomic mass is 10.1. The van der Waals surface area contributed by atoms with Crippen molar-refractivity contribution in [2.24, 2.45) is 11.0 Å². The highest BCUT2D eigenvalue weighted by Crippen LogP contribution is 2.47. The summed E-state index contributed by atoms with van der Waals surface area (Å²) in [7, 11) is 0. The van der Waals surface area contributed by atoms with E-state index in [1.54, 1.807) is 0 Å². The van der Waals surface area contributed by atoms with Gasteiger partial charge in [-0.2, -0.15) is 5.10 Å². The smallest absolute Gasteiger partial charge is 0.243 e. The largest absolute Gasteiger partial charge is 0.273 e. The highest BCUT2D eigenvalue weighted by atomic mass is 16.2. The number of rotatable bonds is 6. The number of carbonyl (C=O) groups excluding carboxylic acids is 1. The quantitative estimate of drug-likeness (QED) is 0.471. The van der Waals surface area contributed by atoms with Crippen molar-refractivity contribution in [2.45, 2.75) is 19.3 Å². The van der Waals surface area contributed by atoms with E-state index < -0.39 is 0 Å². The van der Waals surface area contributed by atoms with Crippen LogP contribution in [0.5, 0.6) is 0 Å². The summed E-state index contributed by atoms with van der Waals surface area (Å²) in [5.41, 5.74) is 5.82. The summed E-state index contributed by atoms with van der Waals surface area (Å²) in [6.45, 7) is 1.87. The second-order valence-electron chi connectivity index (χ2n) is 6.22. The number of nitrogens with zero attached hydrogens (tertiary/aromatic N) is 1. The van der Waals surface area contributed by atoms with E-state index in [4.69, 9.17) is 0 Å². The number of hydrazone groups is 1. The minimum absolute atomic E-state index is 0.00132. The van der Waals surface area contributed by atoms with Crippen molar-refractivity contribution in [3.8, 4) is 0 Å². The Morgan fingerprint density at radius 1 is 1.04 bits per heavy atom. The number of benzene rings is 2. The Kier molecular flexibility index (Phi) is 5.57. The topological polar surface area (TPSA) is 41.5 Å². The average Bonchev–Trinajstić information content (AvgIpc) is 3.46. The predicted octanol–water partition coefficient (Wildman–Crippen LogP) is 4.55. The van der Waals surface area contributed by atoms with E-state index in [1.807, 2.05) is 79.8 Å². The van der Waals surface area contributed by atoms with Gasteiger partial charge in [-0.15, -0.1) is 0 Å². The van der Waals surface area contributed by atoms with Gasteiger partial charge in [-0.25, -0.2) is 5.43 Å². The van der Waals surface area contributed by atoms with Gasteiger partial charge in [-0.1, -0.05) is 78.9 Å². The maximum Gasteiger partial charge on any atom is 0.243 e. The van der Waals surface area contributed by atoms with Crippen LogP contribution in [0.1, 0.15) is 30.4 Å². The molecule has 3 rings (SSSR count). The fourth-order valence-corrected chi connectivity index (χ4v) is 2.74. The second-order valence-corrected chi connectivity index (χ2v) is 6.22. The van der Waals surface area contributed by atoms with Gasteiger partial charge in [0.15, 0.2) is 0 Å². The number of hydrogen-bond donors (Lipinski definition) is 1. The van der Waals surface area contributed by atoms with Crippen molar-refractivity contribution >= 4 is 17.7 Å². The monoisotopic (exact) mass is 330 g/mol. The molecule has 1 fully saturated rings. The molecule has 25 heavy (non-hydrogen) atoms. The molecular weight excluding hydrogens is 308 g/mol. The Labute approximate surface area is 148 Å². The SMILES string of the molecule is CC(C=CC=Cc1ccccc1)=NNC(=O)C1CC1c1ccccc1. The maximum absolute atomic E-state index is 12.2. The van der Waals surface area contributed by atoms with Gasteiger partial charge < -0.3 is 0 Å². The molecule has 3 nitrogen and oxygen atoms in total. The van der Waals surface area contributed by atoms with E-state index in [0.717, 1.165) is 17.7 Å². The fourth-order valence-electron chi connectivity index (χ4n) is 2.74. The van der Waals surface area contributed by atoms with E-state index in [9.17, 15) is 4.79 Å². The number of nitrogens with one attached hydrogen (secondary N) is 1. The first-order valence-electron chi connectivity index (χ1n) is 8.53. The van der Waals surface area contributed by atoms with Crippen LogP contribution in [0.2, 0.25) is 0 Å². The molecule has 1 aliphatic rings. The van der Waals surface area contributed by atoms with Gasteiger partial charge in [-0.05, 0) is 36.5 Å². The fraction of sp³-hybridized carbons (Fsp3) is 0.182. The molecular formula is C22H22N2O. The Balaban J connectivity index is 1.46. The normalized spacial score (nSPS) is 20.1. The molecule has 1 amide bonds. The van der Waals surface area contributed by atoms with Gasteiger partial charge in [-0.3, -0.25) is 4.79 Å². The molecule has 0 aliphatic heterocycles. The van der Waals surface area contributed by atoms with Crippen LogP contribution in [0.25, 0.3) is 6.08 Å². The number of amides is 1. The van der Waals surface area contributed by atoms with Gasteiger partial charge in [0.1, 0.15) is 0 Å². The van der Waals surface area contributed by atoms with Gasteiger partial charge in [0, 0.05) is 5.92 Å². The first-order chi connectivity index (χ1) is 12.2. The van der Waals surface area contributed by atoms with Crippen LogP contribution in [-0.4, -0.2) is 11.6 Å². The van der Waals surface area contributed by atoms with Gasteiger partial charge >= 0.3 is 0 Å². The van der Waals surface area contributed by atoms with Crippen molar-refractivity contribution in [1.29, 1.82) is 0 Å². The number of allylic oxidation sites excluding steroid dienone is 3. The van der Waals surface area contributed by atoms with Crippen LogP contribution in [-0.2, 0) is 4.79 Å². The Bertz CT molecular complexity index is 791. The van der Waals surface area contributed by atoms with Crippen molar-refractivity contribution in [3.63, 3.8) is 0 Å². The molecule has 0 aromatic heterocycles. The molecule has 0 bridgehead atoms. The van der Waals surface area contributed by atoms with Crippen molar-refractivity contribution < 1.29 is 4.79 Å². The third-order valence-corrected chi connectivity index (χ3v) is 4.23. The summed E-state index contributed by atoms with van der Waals surface area (Å²) in [4.78, 5) is 12.2. The van der Waals surface area contributed by atoms with Crippen molar-refractivity contribution in [2.75, 3.05) is 0 Å². The van der Waals surface area contributed by atoms with E-state index in [-0.39, 0.29) is 11.8 Å². The lowest BCUT2D eigenvalue weighted by Gasteiger charge is -2.00. The summed E-state index contributed by atoms with van der Waals surface area (Å²) in [5, 5.41) is 4.15. The highest BCUT2D eigenvalue weighted by molar-refractivity contribution is 5.94. The van der Waals surface area contributed by atoms with Crippen LogP contribution < -0.4 is 5.43 Å². The van der Waals surface area contributed by atoms with E-state index in [0.29, 0.717) is 5.92 Å². The Morgan fingerprint density at radius 2 is 1.72 bits per heavy atom. The maximum atomic E-state index is 12.2. The first kappa shape index (κ1) is 16.9. The van der Waals surface area contributed by atoms with Crippen LogP contribution in [0.4, 0.5) is 0 Å². The molecule has 2 unspecified atom stereocenters. The van der Waals surface area contributed by atoms with Crippen LogP contribution in [0, 0.1) is 5.92 Å². The zero-order chi connectivity index (χ0) is 17.5. The van der Waals surface area contributed by atoms with Crippen LogP contribution >= 0.6 is 0 Å². The molecule has 0 heterocycles. The summed E-state index contributed by atoms with van der Waals surface area (Å²) < 4.78 is 0. The molecule has 0 spiro atoms. The molecule has 1 saturated carbocycles. The highest BCUT2D eigenvalue weighted by Gasteiger charge is 2.43. The van der Waals surface area contributed by atoms with Gasteiger partial charge in [0.05, 0.1) is 5.71 Å². The number of carbonyl (C=O) groups is 1.